The van der Waals surface area contributed by atoms with Gasteiger partial charge in [-0.3, -0.25) is 9.59 Å². The van der Waals surface area contributed by atoms with E-state index < -0.39 is 6.04 Å². The Balaban J connectivity index is 1.73. The molecule has 0 unspecified atom stereocenters. The Morgan fingerprint density at radius 2 is 2.00 bits per heavy atom. The lowest BCUT2D eigenvalue weighted by Gasteiger charge is -2.24. The zero-order valence-electron chi connectivity index (χ0n) is 14.0. The van der Waals surface area contributed by atoms with Gasteiger partial charge < -0.3 is 10.2 Å². The molecule has 124 valence electrons. The Morgan fingerprint density at radius 1 is 1.25 bits per heavy atom. The molecule has 1 saturated heterocycles. The number of hydrogen-bond acceptors (Lipinski definition) is 3. The van der Waals surface area contributed by atoms with Gasteiger partial charge in [-0.15, -0.1) is 0 Å². The van der Waals surface area contributed by atoms with Crippen molar-refractivity contribution in [3.05, 3.63) is 59.3 Å². The summed E-state index contributed by atoms with van der Waals surface area (Å²) in [5, 5.41) is 2.85. The van der Waals surface area contributed by atoms with Gasteiger partial charge in [-0.05, 0) is 37.5 Å². The quantitative estimate of drug-likeness (QED) is 0.941. The number of benzene rings is 1. The van der Waals surface area contributed by atoms with Crippen LogP contribution in [0, 0.1) is 13.8 Å². The summed E-state index contributed by atoms with van der Waals surface area (Å²) in [4.78, 5) is 30.7. The summed E-state index contributed by atoms with van der Waals surface area (Å²) >= 11 is 0. The van der Waals surface area contributed by atoms with E-state index in [0.717, 1.165) is 11.1 Å². The third-order valence-electron chi connectivity index (χ3n) is 4.36. The van der Waals surface area contributed by atoms with E-state index in [4.69, 9.17) is 0 Å². The standard InChI is InChI=1S/C19H21N3O2/c1-13-5-7-15(8-6-13)12-22-16(9-10-17(22)23)19(24)21-18-14(2)4-3-11-20-18/h3-8,11,16H,9-10,12H2,1-2H3,(H,20,21,24)/t16-/m1/s1. The number of anilines is 1. The van der Waals surface area contributed by atoms with Gasteiger partial charge in [0.05, 0.1) is 0 Å². The third-order valence-corrected chi connectivity index (χ3v) is 4.36. The van der Waals surface area contributed by atoms with Crippen LogP contribution in [0.3, 0.4) is 0 Å². The Hall–Kier alpha value is -2.69. The molecule has 5 heteroatoms. The molecule has 1 aromatic heterocycles. The SMILES string of the molecule is Cc1ccc(CN2C(=O)CC[C@@H]2C(=O)Nc2ncccc2C)cc1. The summed E-state index contributed by atoms with van der Waals surface area (Å²) in [6.45, 7) is 4.38. The van der Waals surface area contributed by atoms with Crippen LogP contribution in [0.5, 0.6) is 0 Å². The van der Waals surface area contributed by atoms with Gasteiger partial charge in [0.2, 0.25) is 11.8 Å². The van der Waals surface area contributed by atoms with Crippen LogP contribution < -0.4 is 5.32 Å². The number of aryl methyl sites for hydroxylation is 2. The minimum atomic E-state index is -0.444. The van der Waals surface area contributed by atoms with E-state index in [1.165, 1.54) is 5.56 Å². The lowest BCUT2D eigenvalue weighted by atomic mass is 10.1. The molecule has 1 aliphatic rings. The molecule has 2 heterocycles. The third kappa shape index (κ3) is 3.45. The Morgan fingerprint density at radius 3 is 2.71 bits per heavy atom. The summed E-state index contributed by atoms with van der Waals surface area (Å²) in [5.74, 6) is 0.403. The minimum absolute atomic E-state index is 0.0217. The summed E-state index contributed by atoms with van der Waals surface area (Å²) < 4.78 is 0. The number of likely N-dealkylation sites (tertiary alicyclic amines) is 1. The fraction of sp³-hybridized carbons (Fsp3) is 0.316. The number of nitrogens with one attached hydrogen (secondary N) is 1. The van der Waals surface area contributed by atoms with Crippen LogP contribution in [0.2, 0.25) is 0 Å². The van der Waals surface area contributed by atoms with Gasteiger partial charge in [0.25, 0.3) is 0 Å². The van der Waals surface area contributed by atoms with Crippen LogP contribution in [0.1, 0.15) is 29.5 Å². The predicted octanol–water partition coefficient (Wildman–Crippen LogP) is 2.83. The number of nitrogens with zero attached hydrogens (tertiary/aromatic N) is 2. The van der Waals surface area contributed by atoms with Crippen LogP contribution in [0.15, 0.2) is 42.6 Å². The number of carbonyl (C=O) groups is 2. The highest BCUT2D eigenvalue weighted by Crippen LogP contribution is 2.23. The van der Waals surface area contributed by atoms with Gasteiger partial charge >= 0.3 is 0 Å². The van der Waals surface area contributed by atoms with Gasteiger partial charge in [-0.2, -0.15) is 0 Å². The fourth-order valence-electron chi connectivity index (χ4n) is 2.91. The van der Waals surface area contributed by atoms with E-state index in [0.29, 0.717) is 25.2 Å². The Labute approximate surface area is 141 Å². The van der Waals surface area contributed by atoms with Gasteiger partial charge in [-0.25, -0.2) is 4.98 Å². The van der Waals surface area contributed by atoms with Crippen LogP contribution in [0.25, 0.3) is 0 Å². The van der Waals surface area contributed by atoms with E-state index in [-0.39, 0.29) is 11.8 Å². The van der Waals surface area contributed by atoms with Gasteiger partial charge in [0.15, 0.2) is 0 Å². The largest absolute Gasteiger partial charge is 0.326 e. The first-order valence-corrected chi connectivity index (χ1v) is 8.12. The van der Waals surface area contributed by atoms with E-state index in [1.54, 1.807) is 11.1 Å². The number of aromatic nitrogens is 1. The van der Waals surface area contributed by atoms with Crippen LogP contribution in [-0.4, -0.2) is 27.7 Å². The zero-order valence-corrected chi connectivity index (χ0v) is 14.0. The second-order valence-electron chi connectivity index (χ2n) is 6.22. The molecule has 1 aliphatic heterocycles. The molecule has 1 aromatic carbocycles. The minimum Gasteiger partial charge on any atom is -0.326 e. The van der Waals surface area contributed by atoms with Crippen molar-refractivity contribution in [3.63, 3.8) is 0 Å². The first-order valence-electron chi connectivity index (χ1n) is 8.12. The number of amides is 2. The molecular formula is C19H21N3O2. The highest BCUT2D eigenvalue weighted by molar-refractivity contribution is 5.98. The maximum Gasteiger partial charge on any atom is 0.248 e. The zero-order chi connectivity index (χ0) is 17.1. The van der Waals surface area contributed by atoms with Gasteiger partial charge in [-0.1, -0.05) is 35.9 Å². The van der Waals surface area contributed by atoms with Crippen LogP contribution >= 0.6 is 0 Å². The average Bonchev–Trinajstić information content (AvgIpc) is 2.93. The van der Waals surface area contributed by atoms with E-state index in [1.807, 2.05) is 50.2 Å². The molecule has 3 rings (SSSR count). The lowest BCUT2D eigenvalue weighted by Crippen LogP contribution is -2.41. The molecule has 24 heavy (non-hydrogen) atoms. The normalized spacial score (nSPS) is 17.2. The molecule has 1 fully saturated rings. The highest BCUT2D eigenvalue weighted by Gasteiger charge is 2.36. The van der Waals surface area contributed by atoms with E-state index in [2.05, 4.69) is 10.3 Å². The first kappa shape index (κ1) is 16.2. The second-order valence-corrected chi connectivity index (χ2v) is 6.22. The van der Waals surface area contributed by atoms with E-state index >= 15 is 0 Å². The number of rotatable bonds is 4. The van der Waals surface area contributed by atoms with Crippen molar-refractivity contribution in [2.75, 3.05) is 5.32 Å². The van der Waals surface area contributed by atoms with Gasteiger partial charge in [0.1, 0.15) is 11.9 Å². The van der Waals surface area contributed by atoms with Crippen LogP contribution in [0.4, 0.5) is 5.82 Å². The topological polar surface area (TPSA) is 62.3 Å². The number of carbonyl (C=O) groups excluding carboxylic acids is 2. The van der Waals surface area contributed by atoms with Crippen molar-refractivity contribution in [2.45, 2.75) is 39.3 Å². The molecule has 5 nitrogen and oxygen atoms in total. The first-order chi connectivity index (χ1) is 11.5. The number of pyridine rings is 1. The molecule has 0 saturated carbocycles. The van der Waals surface area contributed by atoms with Crippen molar-refractivity contribution < 1.29 is 9.59 Å². The molecule has 0 bridgehead atoms. The highest BCUT2D eigenvalue weighted by atomic mass is 16.2. The van der Waals surface area contributed by atoms with Crippen molar-refractivity contribution in [1.82, 2.24) is 9.88 Å². The second kappa shape index (κ2) is 6.83. The fourth-order valence-corrected chi connectivity index (χ4v) is 2.91. The van der Waals surface area contributed by atoms with Crippen LogP contribution in [-0.2, 0) is 16.1 Å². The van der Waals surface area contributed by atoms with Crippen molar-refractivity contribution in [2.24, 2.45) is 0 Å². The molecule has 2 amide bonds. The molecule has 0 radical (unpaired) electrons. The summed E-state index contributed by atoms with van der Waals surface area (Å²) in [6, 6.07) is 11.3. The summed E-state index contributed by atoms with van der Waals surface area (Å²) in [6.07, 6.45) is 2.60. The smallest absolute Gasteiger partial charge is 0.248 e. The Bertz CT molecular complexity index is 755. The average molecular weight is 323 g/mol. The Kier molecular flexibility index (Phi) is 4.60. The number of hydrogen-bond donors (Lipinski definition) is 1. The maximum atomic E-state index is 12.6. The molecule has 0 spiro atoms. The molecule has 2 aromatic rings. The summed E-state index contributed by atoms with van der Waals surface area (Å²) in [7, 11) is 0. The van der Waals surface area contributed by atoms with Crippen molar-refractivity contribution in [3.8, 4) is 0 Å². The monoisotopic (exact) mass is 323 g/mol. The predicted molar refractivity (Wildman–Crippen MR) is 92.4 cm³/mol. The molecule has 1 atom stereocenters. The lowest BCUT2D eigenvalue weighted by molar-refractivity contribution is -0.133. The van der Waals surface area contributed by atoms with Crippen molar-refractivity contribution >= 4 is 17.6 Å². The summed E-state index contributed by atoms with van der Waals surface area (Å²) in [5.41, 5.74) is 3.11. The van der Waals surface area contributed by atoms with Gasteiger partial charge in [0, 0.05) is 19.2 Å². The van der Waals surface area contributed by atoms with Crippen molar-refractivity contribution in [1.29, 1.82) is 0 Å². The maximum absolute atomic E-state index is 12.6. The molecule has 0 aliphatic carbocycles. The molecule has 1 N–H and O–H groups in total. The molecular weight excluding hydrogens is 302 g/mol. The van der Waals surface area contributed by atoms with E-state index in [9.17, 15) is 9.59 Å².